The van der Waals surface area contributed by atoms with Gasteiger partial charge in [0.25, 0.3) is 0 Å². The highest BCUT2D eigenvalue weighted by molar-refractivity contribution is 5.89. The number of ether oxygens (including phenoxy) is 1. The zero-order valence-corrected chi connectivity index (χ0v) is 13.1. The van der Waals surface area contributed by atoms with Gasteiger partial charge >= 0.3 is 0 Å². The van der Waals surface area contributed by atoms with E-state index in [1.54, 1.807) is 7.11 Å². The first kappa shape index (κ1) is 15.5. The van der Waals surface area contributed by atoms with Gasteiger partial charge in [0, 0.05) is 12.1 Å². The molecule has 1 unspecified atom stereocenters. The van der Waals surface area contributed by atoms with Crippen LogP contribution < -0.4 is 15.5 Å². The fourth-order valence-electron chi connectivity index (χ4n) is 2.81. The molecule has 1 atom stereocenters. The fraction of sp³-hybridized carbons (Fsp3) is 0.278. The van der Waals surface area contributed by atoms with E-state index in [9.17, 15) is 4.39 Å². The number of anilines is 1. The molecule has 0 fully saturated rings. The Labute approximate surface area is 135 Å². The summed E-state index contributed by atoms with van der Waals surface area (Å²) in [6, 6.07) is 14.4. The zero-order valence-electron chi connectivity index (χ0n) is 13.1. The molecule has 1 heterocycles. The molecular formula is C18H20FN3O. The Hall–Kier alpha value is -2.40. The SMILES string of the molecule is COc1ccc(N2N=C(CCN)CC2c2ccc(F)cc2)cc1. The molecule has 0 saturated heterocycles. The highest BCUT2D eigenvalue weighted by Gasteiger charge is 2.28. The average Bonchev–Trinajstić information content (AvgIpc) is 3.00. The minimum Gasteiger partial charge on any atom is -0.497 e. The summed E-state index contributed by atoms with van der Waals surface area (Å²) >= 11 is 0. The van der Waals surface area contributed by atoms with E-state index in [4.69, 9.17) is 15.6 Å². The van der Waals surface area contributed by atoms with Gasteiger partial charge in [-0.05, 0) is 54.9 Å². The van der Waals surface area contributed by atoms with Gasteiger partial charge in [0.15, 0.2) is 0 Å². The van der Waals surface area contributed by atoms with Crippen LogP contribution >= 0.6 is 0 Å². The normalized spacial score (nSPS) is 17.3. The highest BCUT2D eigenvalue weighted by Crippen LogP contribution is 2.36. The van der Waals surface area contributed by atoms with Crippen molar-refractivity contribution in [3.8, 4) is 5.75 Å². The second-order valence-electron chi connectivity index (χ2n) is 5.52. The Bertz CT molecular complexity index is 682. The van der Waals surface area contributed by atoms with E-state index in [1.807, 2.05) is 41.4 Å². The average molecular weight is 313 g/mol. The smallest absolute Gasteiger partial charge is 0.123 e. The van der Waals surface area contributed by atoms with Crippen LogP contribution in [0.3, 0.4) is 0 Å². The van der Waals surface area contributed by atoms with Crippen molar-refractivity contribution < 1.29 is 9.13 Å². The zero-order chi connectivity index (χ0) is 16.2. The van der Waals surface area contributed by atoms with E-state index < -0.39 is 0 Å². The van der Waals surface area contributed by atoms with Gasteiger partial charge in [0.2, 0.25) is 0 Å². The van der Waals surface area contributed by atoms with Crippen LogP contribution in [0.2, 0.25) is 0 Å². The molecule has 0 aromatic heterocycles. The van der Waals surface area contributed by atoms with Gasteiger partial charge in [0.05, 0.1) is 18.8 Å². The third kappa shape index (κ3) is 3.35. The van der Waals surface area contributed by atoms with Crippen molar-refractivity contribution in [2.75, 3.05) is 18.7 Å². The molecule has 0 aliphatic carbocycles. The topological polar surface area (TPSA) is 50.8 Å². The van der Waals surface area contributed by atoms with Crippen molar-refractivity contribution in [1.29, 1.82) is 0 Å². The lowest BCUT2D eigenvalue weighted by molar-refractivity contribution is 0.415. The summed E-state index contributed by atoms with van der Waals surface area (Å²) in [5.41, 5.74) is 8.75. The maximum Gasteiger partial charge on any atom is 0.123 e. The molecule has 23 heavy (non-hydrogen) atoms. The van der Waals surface area contributed by atoms with Gasteiger partial charge in [0.1, 0.15) is 11.6 Å². The first-order valence-electron chi connectivity index (χ1n) is 7.66. The summed E-state index contributed by atoms with van der Waals surface area (Å²) in [6.07, 6.45) is 1.57. The number of methoxy groups -OCH3 is 1. The first-order valence-corrected chi connectivity index (χ1v) is 7.66. The van der Waals surface area contributed by atoms with Crippen molar-refractivity contribution in [1.82, 2.24) is 0 Å². The number of nitrogens with two attached hydrogens (primary N) is 1. The molecule has 0 radical (unpaired) electrons. The van der Waals surface area contributed by atoms with Gasteiger partial charge < -0.3 is 10.5 Å². The van der Waals surface area contributed by atoms with Gasteiger partial charge in [-0.3, -0.25) is 5.01 Å². The van der Waals surface area contributed by atoms with Crippen LogP contribution in [-0.2, 0) is 0 Å². The van der Waals surface area contributed by atoms with E-state index in [-0.39, 0.29) is 11.9 Å². The summed E-state index contributed by atoms with van der Waals surface area (Å²) < 4.78 is 18.4. The number of halogens is 1. The molecule has 3 rings (SSSR count). The second kappa shape index (κ2) is 6.79. The van der Waals surface area contributed by atoms with Crippen LogP contribution in [0.4, 0.5) is 10.1 Å². The lowest BCUT2D eigenvalue weighted by atomic mass is 10.0. The Morgan fingerprint density at radius 2 is 1.87 bits per heavy atom. The summed E-state index contributed by atoms with van der Waals surface area (Å²) in [7, 11) is 1.64. The van der Waals surface area contributed by atoms with Crippen LogP contribution in [0.5, 0.6) is 5.75 Å². The van der Waals surface area contributed by atoms with Gasteiger partial charge in [-0.1, -0.05) is 12.1 Å². The van der Waals surface area contributed by atoms with Crippen LogP contribution in [0.1, 0.15) is 24.4 Å². The molecule has 1 aliphatic heterocycles. The summed E-state index contributed by atoms with van der Waals surface area (Å²) in [4.78, 5) is 0. The highest BCUT2D eigenvalue weighted by atomic mass is 19.1. The Kier molecular flexibility index (Phi) is 4.57. The van der Waals surface area contributed by atoms with Crippen molar-refractivity contribution in [3.63, 3.8) is 0 Å². The van der Waals surface area contributed by atoms with Crippen LogP contribution in [0.15, 0.2) is 53.6 Å². The Morgan fingerprint density at radius 3 is 2.48 bits per heavy atom. The fourth-order valence-corrected chi connectivity index (χ4v) is 2.81. The predicted molar refractivity (Wildman–Crippen MR) is 90.3 cm³/mol. The van der Waals surface area contributed by atoms with Crippen molar-refractivity contribution in [3.05, 3.63) is 59.9 Å². The lowest BCUT2D eigenvalue weighted by Gasteiger charge is -2.24. The number of hydrazone groups is 1. The van der Waals surface area contributed by atoms with E-state index in [0.29, 0.717) is 6.54 Å². The Morgan fingerprint density at radius 1 is 1.17 bits per heavy atom. The summed E-state index contributed by atoms with van der Waals surface area (Å²) in [6.45, 7) is 0.575. The monoisotopic (exact) mass is 313 g/mol. The molecule has 2 aromatic carbocycles. The molecule has 0 amide bonds. The molecular weight excluding hydrogens is 293 g/mol. The van der Waals surface area contributed by atoms with E-state index >= 15 is 0 Å². The van der Waals surface area contributed by atoms with Crippen LogP contribution in [-0.4, -0.2) is 19.4 Å². The quantitative estimate of drug-likeness (QED) is 0.919. The first-order chi connectivity index (χ1) is 11.2. The molecule has 4 nitrogen and oxygen atoms in total. The second-order valence-corrected chi connectivity index (χ2v) is 5.52. The molecule has 2 aromatic rings. The van der Waals surface area contributed by atoms with Crippen LogP contribution in [0, 0.1) is 5.82 Å². The number of rotatable bonds is 5. The minimum atomic E-state index is -0.231. The molecule has 2 N–H and O–H groups in total. The lowest BCUT2D eigenvalue weighted by Crippen LogP contribution is -2.18. The summed E-state index contributed by atoms with van der Waals surface area (Å²) in [5, 5.41) is 6.70. The van der Waals surface area contributed by atoms with Gasteiger partial charge in [-0.15, -0.1) is 0 Å². The van der Waals surface area contributed by atoms with Crippen molar-refractivity contribution in [2.45, 2.75) is 18.9 Å². The standard InChI is InChI=1S/C18H20FN3O/c1-23-17-8-6-16(7-9-17)22-18(12-15(21-22)10-11-20)13-2-4-14(19)5-3-13/h2-9,18H,10-12,20H2,1H3. The van der Waals surface area contributed by atoms with Crippen LogP contribution in [0.25, 0.3) is 0 Å². The Balaban J connectivity index is 1.92. The van der Waals surface area contributed by atoms with E-state index in [0.717, 1.165) is 35.6 Å². The third-order valence-electron chi connectivity index (χ3n) is 4.00. The largest absolute Gasteiger partial charge is 0.497 e. The number of hydrogen-bond donors (Lipinski definition) is 1. The molecule has 0 saturated carbocycles. The molecule has 120 valence electrons. The molecule has 1 aliphatic rings. The number of benzene rings is 2. The van der Waals surface area contributed by atoms with E-state index in [2.05, 4.69) is 0 Å². The van der Waals surface area contributed by atoms with Crippen molar-refractivity contribution in [2.24, 2.45) is 10.8 Å². The third-order valence-corrected chi connectivity index (χ3v) is 4.00. The molecule has 0 spiro atoms. The molecule has 0 bridgehead atoms. The predicted octanol–water partition coefficient (Wildman–Crippen LogP) is 3.49. The van der Waals surface area contributed by atoms with Gasteiger partial charge in [-0.25, -0.2) is 4.39 Å². The van der Waals surface area contributed by atoms with Crippen molar-refractivity contribution >= 4 is 11.4 Å². The maximum absolute atomic E-state index is 13.2. The maximum atomic E-state index is 13.2. The number of nitrogens with zero attached hydrogens (tertiary/aromatic N) is 2. The van der Waals surface area contributed by atoms with Gasteiger partial charge in [-0.2, -0.15) is 5.10 Å². The van der Waals surface area contributed by atoms with E-state index in [1.165, 1.54) is 12.1 Å². The molecule has 5 heteroatoms. The number of hydrogen-bond acceptors (Lipinski definition) is 4. The summed E-state index contributed by atoms with van der Waals surface area (Å²) in [5.74, 6) is 0.572. The minimum absolute atomic E-state index is 0.0607.